The largest absolute Gasteiger partial charge is 0.487 e. The molecule has 0 atom stereocenters. The second kappa shape index (κ2) is 9.15. The molecule has 0 radical (unpaired) electrons. The second-order valence-corrected chi connectivity index (χ2v) is 5.95. The summed E-state index contributed by atoms with van der Waals surface area (Å²) in [6.07, 6.45) is 2.84. The fourth-order valence-electron chi connectivity index (χ4n) is 2.53. The van der Waals surface area contributed by atoms with Gasteiger partial charge in [0, 0.05) is 6.08 Å². The number of anilines is 1. The highest BCUT2D eigenvalue weighted by Crippen LogP contribution is 2.28. The predicted octanol–water partition coefficient (Wildman–Crippen LogP) is 4.93. The number of carbonyl (C=O) groups is 1. The molecule has 0 spiro atoms. The molecule has 0 saturated carbocycles. The molecule has 28 heavy (non-hydrogen) atoms. The summed E-state index contributed by atoms with van der Waals surface area (Å²) in [6, 6.07) is 22.7. The molecule has 4 nitrogen and oxygen atoms in total. The Morgan fingerprint density at radius 1 is 1.07 bits per heavy atom. The smallest absolute Gasteiger partial charge is 0.248 e. The van der Waals surface area contributed by atoms with Gasteiger partial charge in [0.1, 0.15) is 18.0 Å². The summed E-state index contributed by atoms with van der Waals surface area (Å²) in [5.74, 6) is -0.840. The minimum Gasteiger partial charge on any atom is -0.487 e. The highest BCUT2D eigenvalue weighted by molar-refractivity contribution is 6.02. The van der Waals surface area contributed by atoms with E-state index in [9.17, 15) is 9.18 Å². The van der Waals surface area contributed by atoms with Crippen LogP contribution in [0.3, 0.4) is 0 Å². The number of nitriles is 1. The number of rotatable bonds is 6. The van der Waals surface area contributed by atoms with Gasteiger partial charge in [0.2, 0.25) is 5.91 Å². The predicted molar refractivity (Wildman–Crippen MR) is 106 cm³/mol. The van der Waals surface area contributed by atoms with Gasteiger partial charge < -0.3 is 10.1 Å². The average molecular weight is 372 g/mol. The molecule has 0 aliphatic rings. The number of hydrogen-bond donors (Lipinski definition) is 1. The molecule has 0 fully saturated rings. The zero-order valence-corrected chi connectivity index (χ0v) is 14.9. The van der Waals surface area contributed by atoms with E-state index in [0.717, 1.165) is 5.56 Å². The molecule has 0 aromatic heterocycles. The second-order valence-electron chi connectivity index (χ2n) is 5.95. The van der Waals surface area contributed by atoms with E-state index in [1.807, 2.05) is 36.4 Å². The minimum atomic E-state index is -0.584. The van der Waals surface area contributed by atoms with Crippen LogP contribution in [0.4, 0.5) is 10.1 Å². The van der Waals surface area contributed by atoms with E-state index in [4.69, 9.17) is 10.00 Å². The van der Waals surface area contributed by atoms with Crippen LogP contribution < -0.4 is 10.1 Å². The molecule has 3 aromatic carbocycles. The first-order valence-corrected chi connectivity index (χ1v) is 8.60. The van der Waals surface area contributed by atoms with Gasteiger partial charge in [0.15, 0.2) is 5.82 Å². The number of carbonyl (C=O) groups excluding carboxylic acids is 1. The third kappa shape index (κ3) is 5.05. The molecule has 0 aliphatic heterocycles. The van der Waals surface area contributed by atoms with Crippen LogP contribution in [0.15, 0.2) is 78.9 Å². The fraction of sp³-hybridized carbons (Fsp3) is 0.0435. The third-order valence-electron chi connectivity index (χ3n) is 3.90. The van der Waals surface area contributed by atoms with Crippen LogP contribution in [-0.2, 0) is 11.4 Å². The topological polar surface area (TPSA) is 62.1 Å². The van der Waals surface area contributed by atoms with Crippen molar-refractivity contribution in [3.05, 3.63) is 101 Å². The number of para-hydroxylation sites is 1. The summed E-state index contributed by atoms with van der Waals surface area (Å²) in [7, 11) is 0. The Balaban J connectivity index is 1.71. The number of ether oxygens (including phenoxy) is 1. The molecule has 138 valence electrons. The van der Waals surface area contributed by atoms with Crippen molar-refractivity contribution < 1.29 is 13.9 Å². The van der Waals surface area contributed by atoms with Crippen LogP contribution in [0.5, 0.6) is 5.75 Å². The van der Waals surface area contributed by atoms with Crippen molar-refractivity contribution in [2.24, 2.45) is 0 Å². The van der Waals surface area contributed by atoms with E-state index in [2.05, 4.69) is 5.32 Å². The van der Waals surface area contributed by atoms with E-state index in [0.29, 0.717) is 11.1 Å². The van der Waals surface area contributed by atoms with Crippen LogP contribution in [0, 0.1) is 17.1 Å². The Morgan fingerprint density at radius 3 is 2.64 bits per heavy atom. The van der Waals surface area contributed by atoms with Crippen LogP contribution in [0.1, 0.15) is 16.7 Å². The monoisotopic (exact) mass is 372 g/mol. The van der Waals surface area contributed by atoms with E-state index in [1.165, 1.54) is 18.2 Å². The summed E-state index contributed by atoms with van der Waals surface area (Å²) in [5, 5.41) is 11.4. The first-order chi connectivity index (χ1) is 13.7. The molecule has 0 aliphatic carbocycles. The van der Waals surface area contributed by atoms with Gasteiger partial charge in [-0.3, -0.25) is 4.79 Å². The summed E-state index contributed by atoms with van der Waals surface area (Å²) in [4.78, 5) is 12.2. The standard InChI is InChI=1S/C23H17FN2O2/c24-20-10-5-11-21(28-16-18-6-2-1-3-7-18)23(20)26-22(27)13-12-17-8-4-9-19(14-17)15-25/h1-14H,16H2,(H,26,27)/b13-12+. The maximum absolute atomic E-state index is 14.2. The van der Waals surface area contributed by atoms with Gasteiger partial charge in [-0.2, -0.15) is 5.26 Å². The van der Waals surface area contributed by atoms with Gasteiger partial charge in [-0.1, -0.05) is 48.5 Å². The average Bonchev–Trinajstić information content (AvgIpc) is 2.73. The highest BCUT2D eigenvalue weighted by Gasteiger charge is 2.12. The van der Waals surface area contributed by atoms with Crippen LogP contribution >= 0.6 is 0 Å². The Bertz CT molecular complexity index is 1040. The quantitative estimate of drug-likeness (QED) is 0.624. The molecule has 0 unspecified atom stereocenters. The molecule has 1 N–H and O–H groups in total. The summed E-state index contributed by atoms with van der Waals surface area (Å²) >= 11 is 0. The van der Waals surface area contributed by atoms with E-state index >= 15 is 0 Å². The zero-order chi connectivity index (χ0) is 19.8. The molecule has 1 amide bonds. The van der Waals surface area contributed by atoms with Crippen molar-refractivity contribution in [1.82, 2.24) is 0 Å². The Hall–Kier alpha value is -3.91. The van der Waals surface area contributed by atoms with Crippen molar-refractivity contribution in [1.29, 1.82) is 5.26 Å². The Labute approximate surface area is 162 Å². The lowest BCUT2D eigenvalue weighted by molar-refractivity contribution is -0.111. The van der Waals surface area contributed by atoms with Crippen LogP contribution in [-0.4, -0.2) is 5.91 Å². The van der Waals surface area contributed by atoms with Crippen molar-refractivity contribution in [3.63, 3.8) is 0 Å². The van der Waals surface area contributed by atoms with Gasteiger partial charge in [0.25, 0.3) is 0 Å². The van der Waals surface area contributed by atoms with Crippen LogP contribution in [0.25, 0.3) is 6.08 Å². The molecule has 0 heterocycles. The van der Waals surface area contributed by atoms with E-state index in [1.54, 1.807) is 36.4 Å². The zero-order valence-electron chi connectivity index (χ0n) is 14.9. The Morgan fingerprint density at radius 2 is 1.86 bits per heavy atom. The lowest BCUT2D eigenvalue weighted by Gasteiger charge is -2.12. The summed E-state index contributed by atoms with van der Waals surface area (Å²) in [6.45, 7) is 0.254. The maximum atomic E-state index is 14.2. The first-order valence-electron chi connectivity index (χ1n) is 8.60. The number of nitrogens with one attached hydrogen (secondary N) is 1. The lowest BCUT2D eigenvalue weighted by Crippen LogP contribution is -2.11. The molecular formula is C23H17FN2O2. The SMILES string of the molecule is N#Cc1cccc(/C=C/C(=O)Nc2c(F)cccc2OCc2ccccc2)c1. The van der Waals surface area contributed by atoms with Crippen molar-refractivity contribution in [3.8, 4) is 11.8 Å². The fourth-order valence-corrected chi connectivity index (χ4v) is 2.53. The van der Waals surface area contributed by atoms with E-state index < -0.39 is 11.7 Å². The molecule has 3 rings (SSSR count). The van der Waals surface area contributed by atoms with Gasteiger partial charge in [-0.05, 0) is 41.5 Å². The summed E-state index contributed by atoms with van der Waals surface area (Å²) in [5.41, 5.74) is 2.11. The molecule has 3 aromatic rings. The number of benzene rings is 3. The number of nitrogens with zero attached hydrogens (tertiary/aromatic N) is 1. The van der Waals surface area contributed by atoms with Crippen molar-refractivity contribution >= 4 is 17.7 Å². The molecular weight excluding hydrogens is 355 g/mol. The Kier molecular flexibility index (Phi) is 6.17. The summed E-state index contributed by atoms with van der Waals surface area (Å²) < 4.78 is 19.9. The van der Waals surface area contributed by atoms with Crippen molar-refractivity contribution in [2.75, 3.05) is 5.32 Å². The van der Waals surface area contributed by atoms with Crippen molar-refractivity contribution in [2.45, 2.75) is 6.61 Å². The normalized spacial score (nSPS) is 10.4. The number of halogens is 1. The van der Waals surface area contributed by atoms with Gasteiger partial charge in [0.05, 0.1) is 11.6 Å². The third-order valence-corrected chi connectivity index (χ3v) is 3.90. The minimum absolute atomic E-state index is 0.0149. The van der Waals surface area contributed by atoms with Gasteiger partial charge >= 0.3 is 0 Å². The van der Waals surface area contributed by atoms with E-state index in [-0.39, 0.29) is 18.0 Å². The molecule has 5 heteroatoms. The molecule has 0 bridgehead atoms. The first kappa shape index (κ1) is 18.9. The maximum Gasteiger partial charge on any atom is 0.248 e. The number of hydrogen-bond acceptors (Lipinski definition) is 3. The molecule has 0 saturated heterocycles. The highest BCUT2D eigenvalue weighted by atomic mass is 19.1. The van der Waals surface area contributed by atoms with Gasteiger partial charge in [-0.25, -0.2) is 4.39 Å². The van der Waals surface area contributed by atoms with Gasteiger partial charge in [-0.15, -0.1) is 0 Å². The lowest BCUT2D eigenvalue weighted by atomic mass is 10.1. The number of amides is 1. The van der Waals surface area contributed by atoms with Crippen LogP contribution in [0.2, 0.25) is 0 Å².